The van der Waals surface area contributed by atoms with E-state index in [0.29, 0.717) is 22.6 Å². The minimum Gasteiger partial charge on any atom is -0.494 e. The van der Waals surface area contributed by atoms with Gasteiger partial charge in [-0.05, 0) is 57.0 Å². The Hall–Kier alpha value is -2.93. The van der Waals surface area contributed by atoms with Crippen LogP contribution in [0.5, 0.6) is 5.75 Å². The van der Waals surface area contributed by atoms with Crippen LogP contribution < -0.4 is 10.3 Å². The van der Waals surface area contributed by atoms with Crippen molar-refractivity contribution in [1.29, 1.82) is 0 Å². The summed E-state index contributed by atoms with van der Waals surface area (Å²) in [5.41, 5.74) is 1.57. The molecule has 1 atom stereocenters. The molecular weight excluding hydrogens is 376 g/mol. The average molecular weight is 398 g/mol. The monoisotopic (exact) mass is 398 g/mol. The molecule has 3 rings (SSSR count). The summed E-state index contributed by atoms with van der Waals surface area (Å²) in [6.45, 7) is 8.06. The van der Waals surface area contributed by atoms with Crippen molar-refractivity contribution >= 4 is 33.6 Å². The van der Waals surface area contributed by atoms with Crippen molar-refractivity contribution in [2.24, 2.45) is 0 Å². The lowest BCUT2D eigenvalue weighted by atomic mass is 10.2. The molecule has 1 N–H and O–H groups in total. The number of carbonyl (C=O) groups is 1. The molecule has 0 saturated carbocycles. The first-order valence-electron chi connectivity index (χ1n) is 9.00. The van der Waals surface area contributed by atoms with E-state index in [-0.39, 0.29) is 5.56 Å². The Morgan fingerprint density at radius 2 is 2.00 bits per heavy atom. The minimum absolute atomic E-state index is 0.213. The van der Waals surface area contributed by atoms with Gasteiger partial charge in [0.25, 0.3) is 5.56 Å². The maximum atomic E-state index is 12.4. The number of rotatable bonds is 6. The van der Waals surface area contributed by atoms with E-state index >= 15 is 0 Å². The van der Waals surface area contributed by atoms with E-state index < -0.39 is 12.1 Å². The van der Waals surface area contributed by atoms with Crippen LogP contribution in [0.3, 0.4) is 0 Å². The summed E-state index contributed by atoms with van der Waals surface area (Å²) in [5.74, 6) is 0.601. The highest BCUT2D eigenvalue weighted by Gasteiger charge is 2.17. The van der Waals surface area contributed by atoms with Crippen molar-refractivity contribution in [1.82, 2.24) is 9.97 Å². The lowest BCUT2D eigenvalue weighted by Crippen LogP contribution is -2.16. The Morgan fingerprint density at radius 1 is 1.29 bits per heavy atom. The number of aromatic nitrogens is 2. The van der Waals surface area contributed by atoms with E-state index in [0.717, 1.165) is 21.8 Å². The third-order valence-electron chi connectivity index (χ3n) is 4.34. The first-order chi connectivity index (χ1) is 13.4. The van der Waals surface area contributed by atoms with Gasteiger partial charge < -0.3 is 14.5 Å². The zero-order chi connectivity index (χ0) is 20.3. The molecule has 0 fully saturated rings. The average Bonchev–Trinajstić information content (AvgIpc) is 2.95. The van der Waals surface area contributed by atoms with E-state index in [4.69, 9.17) is 9.47 Å². The molecule has 6 nitrogen and oxygen atoms in total. The second kappa shape index (κ2) is 8.39. The number of hydrogen-bond acceptors (Lipinski definition) is 6. The third kappa shape index (κ3) is 4.31. The van der Waals surface area contributed by atoms with Crippen LogP contribution in [0.25, 0.3) is 16.3 Å². The van der Waals surface area contributed by atoms with Gasteiger partial charge >= 0.3 is 5.97 Å². The Balaban J connectivity index is 1.70. The number of thiophene rings is 1. The van der Waals surface area contributed by atoms with Crippen molar-refractivity contribution in [2.75, 3.05) is 6.61 Å². The predicted octanol–water partition coefficient (Wildman–Crippen LogP) is 4.32. The summed E-state index contributed by atoms with van der Waals surface area (Å²) in [5, 5.41) is 0.597. The number of esters is 1. The molecule has 0 aliphatic carbocycles. The number of aryl methyl sites for hydroxylation is 2. The van der Waals surface area contributed by atoms with Crippen molar-refractivity contribution in [2.45, 2.75) is 33.8 Å². The minimum atomic E-state index is -0.669. The highest BCUT2D eigenvalue weighted by atomic mass is 32.1. The van der Waals surface area contributed by atoms with Gasteiger partial charge in [-0.15, -0.1) is 11.3 Å². The largest absolute Gasteiger partial charge is 0.494 e. The fraction of sp³-hybridized carbons (Fsp3) is 0.286. The van der Waals surface area contributed by atoms with E-state index in [1.807, 2.05) is 45.0 Å². The van der Waals surface area contributed by atoms with Gasteiger partial charge in [0.05, 0.1) is 12.0 Å². The standard InChI is InChI=1S/C21H22N2O4S/c1-5-26-16-9-6-15(7-10-16)8-11-17(24)27-13(3)19-22-20(25)18-12(2)14(4)28-21(18)23-19/h6-11,13H,5H2,1-4H3,(H,22,23,25)/b11-8+/t13-/m1/s1. The molecule has 0 aliphatic rings. The van der Waals surface area contributed by atoms with Crippen molar-refractivity contribution in [3.05, 3.63) is 62.5 Å². The Morgan fingerprint density at radius 3 is 2.68 bits per heavy atom. The van der Waals surface area contributed by atoms with Crippen molar-refractivity contribution in [3.63, 3.8) is 0 Å². The SMILES string of the molecule is CCOc1ccc(/C=C/C(=O)O[C@H](C)c2nc3sc(C)c(C)c3c(=O)[nH]2)cc1. The lowest BCUT2D eigenvalue weighted by Gasteiger charge is -2.11. The predicted molar refractivity (Wildman–Crippen MR) is 111 cm³/mol. The van der Waals surface area contributed by atoms with Crippen LogP contribution in [0.15, 0.2) is 35.1 Å². The Labute approximate surface area is 166 Å². The fourth-order valence-electron chi connectivity index (χ4n) is 2.74. The topological polar surface area (TPSA) is 81.3 Å². The summed E-state index contributed by atoms with van der Waals surface area (Å²) in [6.07, 6.45) is 2.34. The van der Waals surface area contributed by atoms with Gasteiger partial charge in [0, 0.05) is 11.0 Å². The summed E-state index contributed by atoms with van der Waals surface area (Å²) < 4.78 is 10.8. The zero-order valence-electron chi connectivity index (χ0n) is 16.2. The number of aromatic amines is 1. The summed E-state index contributed by atoms with van der Waals surface area (Å²) >= 11 is 1.46. The number of fused-ring (bicyclic) bond motifs is 1. The molecule has 0 radical (unpaired) electrons. The molecule has 0 bridgehead atoms. The molecule has 0 spiro atoms. The zero-order valence-corrected chi connectivity index (χ0v) is 17.1. The summed E-state index contributed by atoms with van der Waals surface area (Å²) in [6, 6.07) is 7.39. The highest BCUT2D eigenvalue weighted by Crippen LogP contribution is 2.27. The highest BCUT2D eigenvalue weighted by molar-refractivity contribution is 7.18. The van der Waals surface area contributed by atoms with Crippen LogP contribution in [0.4, 0.5) is 0 Å². The quantitative estimate of drug-likeness (QED) is 0.494. The smallest absolute Gasteiger partial charge is 0.331 e. The molecule has 2 heterocycles. The lowest BCUT2D eigenvalue weighted by molar-refractivity contribution is -0.142. The number of hydrogen-bond donors (Lipinski definition) is 1. The van der Waals surface area contributed by atoms with Gasteiger partial charge in [-0.3, -0.25) is 4.79 Å². The van der Waals surface area contributed by atoms with Gasteiger partial charge in [-0.1, -0.05) is 12.1 Å². The van der Waals surface area contributed by atoms with E-state index in [1.165, 1.54) is 17.4 Å². The second-order valence-electron chi connectivity index (χ2n) is 6.33. The number of H-pyrrole nitrogens is 1. The van der Waals surface area contributed by atoms with Crippen LogP contribution in [0.1, 0.15) is 41.8 Å². The van der Waals surface area contributed by atoms with Crippen LogP contribution in [0.2, 0.25) is 0 Å². The van der Waals surface area contributed by atoms with Crippen molar-refractivity contribution in [3.8, 4) is 5.75 Å². The molecule has 28 heavy (non-hydrogen) atoms. The fourth-order valence-corrected chi connectivity index (χ4v) is 3.78. The van der Waals surface area contributed by atoms with E-state index in [1.54, 1.807) is 13.0 Å². The van der Waals surface area contributed by atoms with Gasteiger partial charge in [-0.25, -0.2) is 9.78 Å². The van der Waals surface area contributed by atoms with Gasteiger partial charge in [0.2, 0.25) is 0 Å². The molecule has 0 aliphatic heterocycles. The van der Waals surface area contributed by atoms with Gasteiger partial charge in [0.15, 0.2) is 11.9 Å². The van der Waals surface area contributed by atoms with Crippen LogP contribution in [0, 0.1) is 13.8 Å². The number of nitrogens with one attached hydrogen (secondary N) is 1. The number of ether oxygens (including phenoxy) is 2. The molecule has 0 saturated heterocycles. The van der Waals surface area contributed by atoms with Crippen LogP contribution >= 0.6 is 11.3 Å². The maximum Gasteiger partial charge on any atom is 0.331 e. The van der Waals surface area contributed by atoms with Crippen LogP contribution in [-0.2, 0) is 9.53 Å². The Kier molecular flexibility index (Phi) is 5.94. The van der Waals surface area contributed by atoms with Gasteiger partial charge in [0.1, 0.15) is 10.6 Å². The molecule has 0 unspecified atom stereocenters. The first-order valence-corrected chi connectivity index (χ1v) is 9.82. The van der Waals surface area contributed by atoms with Crippen LogP contribution in [-0.4, -0.2) is 22.5 Å². The maximum absolute atomic E-state index is 12.4. The van der Waals surface area contributed by atoms with E-state index in [2.05, 4.69) is 9.97 Å². The normalized spacial score (nSPS) is 12.4. The molecule has 3 aromatic rings. The molecule has 2 aromatic heterocycles. The number of benzene rings is 1. The molecule has 1 aromatic carbocycles. The number of nitrogens with zero attached hydrogens (tertiary/aromatic N) is 1. The molecule has 0 amide bonds. The third-order valence-corrected chi connectivity index (χ3v) is 5.44. The summed E-state index contributed by atoms with van der Waals surface area (Å²) in [4.78, 5) is 33.4. The molecule has 7 heteroatoms. The second-order valence-corrected chi connectivity index (χ2v) is 7.53. The molecule has 146 valence electrons. The Bertz CT molecular complexity index is 1080. The van der Waals surface area contributed by atoms with Gasteiger partial charge in [-0.2, -0.15) is 0 Å². The van der Waals surface area contributed by atoms with E-state index in [9.17, 15) is 9.59 Å². The first kappa shape index (κ1) is 19.8. The molecular formula is C21H22N2O4S. The summed E-state index contributed by atoms with van der Waals surface area (Å²) in [7, 11) is 0. The van der Waals surface area contributed by atoms with Crippen molar-refractivity contribution < 1.29 is 14.3 Å². The number of carbonyl (C=O) groups excluding carboxylic acids is 1.